The highest BCUT2D eigenvalue weighted by Gasteiger charge is 2.41. The van der Waals surface area contributed by atoms with Crippen LogP contribution in [0.25, 0.3) is 5.69 Å². The van der Waals surface area contributed by atoms with E-state index in [9.17, 15) is 14.7 Å². The second-order valence-corrected chi connectivity index (χ2v) is 10.7. The van der Waals surface area contributed by atoms with Crippen molar-refractivity contribution in [1.82, 2.24) is 24.6 Å². The van der Waals surface area contributed by atoms with Gasteiger partial charge in [-0.15, -0.1) is 0 Å². The van der Waals surface area contributed by atoms with Crippen molar-refractivity contribution in [2.75, 3.05) is 25.4 Å². The number of phenolic OH excluding ortho intramolecular Hbond substituents is 1. The third-order valence-electron chi connectivity index (χ3n) is 7.66. The maximum absolute atomic E-state index is 15.1. The Kier molecular flexibility index (Phi) is 5.97. The summed E-state index contributed by atoms with van der Waals surface area (Å²) in [5.41, 5.74) is 9.83. The fourth-order valence-corrected chi connectivity index (χ4v) is 5.94. The number of amides is 2. The molecule has 4 heterocycles. The van der Waals surface area contributed by atoms with E-state index in [0.29, 0.717) is 47.5 Å². The average molecular weight is 581 g/mol. The maximum atomic E-state index is 15.1. The van der Waals surface area contributed by atoms with Crippen molar-refractivity contribution >= 4 is 33.4 Å². The highest BCUT2D eigenvalue weighted by molar-refractivity contribution is 9.10. The molecule has 9 nitrogen and oxygen atoms in total. The van der Waals surface area contributed by atoms with Crippen LogP contribution in [-0.4, -0.2) is 61.1 Å². The second kappa shape index (κ2) is 9.23. The summed E-state index contributed by atoms with van der Waals surface area (Å²) in [5.74, 6) is -1.40. The zero-order valence-corrected chi connectivity index (χ0v) is 22.1. The normalized spacial score (nSPS) is 18.6. The lowest BCUT2D eigenvalue weighted by molar-refractivity contribution is -0.126. The standard InChI is InChI=1S/C27H26BrFN6O3/c1-2-23(36)33-9-7-18-24-19(35(32-18)20-6-5-15(14-3-4-14)25(29)26(20)37)8-10-34(21(24)13-33)27(38)16-12-31-22(28)11-17(16)30/h2,5-6,11-12,14,21,37H,1,3-4,7-10,13H2,(H2,30,31). The lowest BCUT2D eigenvalue weighted by Gasteiger charge is -2.38. The summed E-state index contributed by atoms with van der Waals surface area (Å²) in [7, 11) is 0. The van der Waals surface area contributed by atoms with Crippen LogP contribution in [0.15, 0.2) is 41.7 Å². The Labute approximate surface area is 226 Å². The monoisotopic (exact) mass is 580 g/mol. The SMILES string of the molecule is C=CC(=O)N1CCc2nn(-c3ccc(C4CC4)c(F)c3O)c3c2C(C1)N(C(=O)c1cnc(Br)cc1N)CC3. The van der Waals surface area contributed by atoms with Crippen molar-refractivity contribution in [3.8, 4) is 11.4 Å². The molecule has 1 atom stereocenters. The number of nitrogens with zero attached hydrogens (tertiary/aromatic N) is 5. The Morgan fingerprint density at radius 2 is 2.03 bits per heavy atom. The molecule has 0 spiro atoms. The van der Waals surface area contributed by atoms with E-state index in [1.165, 1.54) is 12.3 Å². The average Bonchev–Trinajstić information content (AvgIpc) is 3.70. The molecule has 0 radical (unpaired) electrons. The summed E-state index contributed by atoms with van der Waals surface area (Å²) in [4.78, 5) is 33.9. The van der Waals surface area contributed by atoms with Crippen molar-refractivity contribution in [1.29, 1.82) is 0 Å². The van der Waals surface area contributed by atoms with Crippen LogP contribution in [0.3, 0.4) is 0 Å². The topological polar surface area (TPSA) is 118 Å². The molecule has 2 aliphatic heterocycles. The molecule has 1 aromatic carbocycles. The van der Waals surface area contributed by atoms with E-state index in [4.69, 9.17) is 10.8 Å². The van der Waals surface area contributed by atoms with Gasteiger partial charge in [0, 0.05) is 49.9 Å². The lowest BCUT2D eigenvalue weighted by atomic mass is 9.94. The van der Waals surface area contributed by atoms with Gasteiger partial charge in [0.1, 0.15) is 10.3 Å². The van der Waals surface area contributed by atoms with Crippen molar-refractivity contribution in [2.24, 2.45) is 0 Å². The second-order valence-electron chi connectivity index (χ2n) is 9.93. The molecule has 3 aliphatic rings. The summed E-state index contributed by atoms with van der Waals surface area (Å²) in [6.07, 6.45) is 5.40. The summed E-state index contributed by atoms with van der Waals surface area (Å²) in [6.45, 7) is 4.56. The highest BCUT2D eigenvalue weighted by Crippen LogP contribution is 2.45. The molecular weight excluding hydrogens is 555 g/mol. The minimum absolute atomic E-state index is 0.153. The molecule has 1 unspecified atom stereocenters. The number of pyridine rings is 1. The number of aromatic nitrogens is 3. The number of phenols is 1. The van der Waals surface area contributed by atoms with E-state index in [1.807, 2.05) is 0 Å². The van der Waals surface area contributed by atoms with Gasteiger partial charge in [-0.3, -0.25) is 9.59 Å². The molecule has 1 saturated carbocycles. The molecule has 38 heavy (non-hydrogen) atoms. The fraction of sp³-hybridized carbons (Fsp3) is 0.333. The molecule has 6 rings (SSSR count). The molecule has 3 N–H and O–H groups in total. The van der Waals surface area contributed by atoms with Crippen LogP contribution in [0.2, 0.25) is 0 Å². The first kappa shape index (κ1) is 24.6. The summed E-state index contributed by atoms with van der Waals surface area (Å²) >= 11 is 3.27. The highest BCUT2D eigenvalue weighted by atomic mass is 79.9. The third-order valence-corrected chi connectivity index (χ3v) is 8.09. The van der Waals surface area contributed by atoms with Gasteiger partial charge in [0.05, 0.1) is 23.0 Å². The van der Waals surface area contributed by atoms with Crippen LogP contribution >= 0.6 is 15.9 Å². The van der Waals surface area contributed by atoms with Gasteiger partial charge in [-0.05, 0) is 58.5 Å². The number of aromatic hydroxyl groups is 1. The van der Waals surface area contributed by atoms with Gasteiger partial charge in [-0.1, -0.05) is 12.6 Å². The summed E-state index contributed by atoms with van der Waals surface area (Å²) in [6, 6.07) is 4.51. The van der Waals surface area contributed by atoms with E-state index in [2.05, 4.69) is 27.5 Å². The van der Waals surface area contributed by atoms with Crippen LogP contribution in [-0.2, 0) is 17.6 Å². The molecule has 196 valence electrons. The number of carbonyl (C=O) groups excluding carboxylic acids is 2. The summed E-state index contributed by atoms with van der Waals surface area (Å²) < 4.78 is 17.2. The number of anilines is 1. The molecular formula is C27H26BrFN6O3. The smallest absolute Gasteiger partial charge is 0.258 e. The molecule has 1 aliphatic carbocycles. The van der Waals surface area contributed by atoms with Crippen molar-refractivity contribution in [2.45, 2.75) is 37.6 Å². The van der Waals surface area contributed by atoms with Crippen molar-refractivity contribution < 1.29 is 19.1 Å². The van der Waals surface area contributed by atoms with Gasteiger partial charge in [0.25, 0.3) is 5.91 Å². The van der Waals surface area contributed by atoms with E-state index >= 15 is 4.39 Å². The Morgan fingerprint density at radius 3 is 2.74 bits per heavy atom. The first-order valence-corrected chi connectivity index (χ1v) is 13.3. The predicted molar refractivity (Wildman–Crippen MR) is 141 cm³/mol. The van der Waals surface area contributed by atoms with Gasteiger partial charge in [-0.25, -0.2) is 14.1 Å². The minimum atomic E-state index is -0.604. The first-order chi connectivity index (χ1) is 18.3. The van der Waals surface area contributed by atoms with E-state index in [1.54, 1.807) is 32.7 Å². The Morgan fingerprint density at radius 1 is 1.24 bits per heavy atom. The van der Waals surface area contributed by atoms with E-state index in [-0.39, 0.29) is 35.5 Å². The minimum Gasteiger partial charge on any atom is -0.503 e. The number of hydrogen-bond acceptors (Lipinski definition) is 6. The summed E-state index contributed by atoms with van der Waals surface area (Å²) in [5, 5.41) is 15.6. The third kappa shape index (κ3) is 3.96. The number of hydrogen-bond donors (Lipinski definition) is 2. The van der Waals surface area contributed by atoms with Gasteiger partial charge in [0.15, 0.2) is 11.6 Å². The molecule has 1 fully saturated rings. The van der Waals surface area contributed by atoms with E-state index in [0.717, 1.165) is 24.1 Å². The van der Waals surface area contributed by atoms with Gasteiger partial charge < -0.3 is 20.6 Å². The number of halogens is 2. The first-order valence-electron chi connectivity index (χ1n) is 12.5. The van der Waals surface area contributed by atoms with Crippen LogP contribution in [0.5, 0.6) is 5.75 Å². The Hall–Kier alpha value is -3.73. The molecule has 2 aromatic heterocycles. The molecule has 3 aromatic rings. The van der Waals surface area contributed by atoms with Gasteiger partial charge in [0.2, 0.25) is 5.91 Å². The van der Waals surface area contributed by atoms with Crippen LogP contribution in [0, 0.1) is 5.82 Å². The molecule has 11 heteroatoms. The van der Waals surface area contributed by atoms with Crippen molar-refractivity contribution in [3.05, 3.63) is 75.5 Å². The number of benzene rings is 1. The number of nitrogen functional groups attached to an aromatic ring is 1. The molecule has 0 bridgehead atoms. The van der Waals surface area contributed by atoms with Gasteiger partial charge in [-0.2, -0.15) is 5.10 Å². The van der Waals surface area contributed by atoms with Crippen LogP contribution in [0.4, 0.5) is 10.1 Å². The maximum Gasteiger partial charge on any atom is 0.258 e. The fourth-order valence-electron chi connectivity index (χ4n) is 5.59. The lowest BCUT2D eigenvalue weighted by Crippen LogP contribution is -2.46. The molecule has 2 amide bonds. The zero-order chi connectivity index (χ0) is 26.7. The number of rotatable bonds is 4. The zero-order valence-electron chi connectivity index (χ0n) is 20.5. The Balaban J connectivity index is 1.45. The largest absolute Gasteiger partial charge is 0.503 e. The Bertz CT molecular complexity index is 1500. The predicted octanol–water partition coefficient (Wildman–Crippen LogP) is 3.64. The van der Waals surface area contributed by atoms with Crippen LogP contribution in [0.1, 0.15) is 57.7 Å². The van der Waals surface area contributed by atoms with Crippen LogP contribution < -0.4 is 5.73 Å². The van der Waals surface area contributed by atoms with Gasteiger partial charge >= 0.3 is 0 Å². The van der Waals surface area contributed by atoms with E-state index < -0.39 is 17.6 Å². The molecule has 0 saturated heterocycles. The number of carbonyl (C=O) groups is 2. The number of nitrogens with two attached hydrogens (primary N) is 1. The quantitative estimate of drug-likeness (QED) is 0.359. The van der Waals surface area contributed by atoms with Crippen molar-refractivity contribution in [3.63, 3.8) is 0 Å².